The fraction of sp³-hybridized carbons (Fsp3) is 0.222. The van der Waals surface area contributed by atoms with Crippen molar-refractivity contribution in [3.63, 3.8) is 0 Å². The topological polar surface area (TPSA) is 46.5 Å². The Morgan fingerprint density at radius 3 is 2.50 bits per heavy atom. The first-order valence-corrected chi connectivity index (χ1v) is 4.04. The number of benzene rings is 1. The second kappa shape index (κ2) is 4.38. The summed E-state index contributed by atoms with van der Waals surface area (Å²) >= 11 is 0. The highest BCUT2D eigenvalue weighted by atomic mass is 19.4. The van der Waals surface area contributed by atoms with Gasteiger partial charge in [-0.05, 0) is 17.7 Å². The Bertz CT molecular complexity index is 400. The minimum absolute atomic E-state index is 0.0214. The lowest BCUT2D eigenvalue weighted by atomic mass is 10.1. The van der Waals surface area contributed by atoms with E-state index in [1.54, 1.807) is 0 Å². The van der Waals surface area contributed by atoms with E-state index in [2.05, 4.69) is 4.74 Å². The number of hydrogen-bond donors (Lipinski definition) is 1. The molecule has 1 aromatic carbocycles. The minimum Gasteiger partial charge on any atom is -0.481 e. The highest BCUT2D eigenvalue weighted by Crippen LogP contribution is 2.26. The van der Waals surface area contributed by atoms with E-state index in [0.717, 1.165) is 12.1 Å². The Balaban J connectivity index is 2.95. The third-order valence-electron chi connectivity index (χ3n) is 1.58. The van der Waals surface area contributed by atoms with E-state index in [1.165, 1.54) is 0 Å². The number of halogens is 4. The Morgan fingerprint density at radius 2 is 2.00 bits per heavy atom. The van der Waals surface area contributed by atoms with Crippen molar-refractivity contribution < 1.29 is 32.2 Å². The van der Waals surface area contributed by atoms with Crippen LogP contribution in [-0.4, -0.2) is 17.4 Å². The zero-order valence-electron chi connectivity index (χ0n) is 7.71. The van der Waals surface area contributed by atoms with Gasteiger partial charge in [0.15, 0.2) is 11.6 Å². The lowest BCUT2D eigenvalue weighted by molar-refractivity contribution is -0.275. The average Bonchev–Trinajstić information content (AvgIpc) is 2.07. The van der Waals surface area contributed by atoms with Crippen molar-refractivity contribution in [3.8, 4) is 5.75 Å². The van der Waals surface area contributed by atoms with Crippen LogP contribution < -0.4 is 4.74 Å². The molecule has 16 heavy (non-hydrogen) atoms. The van der Waals surface area contributed by atoms with Crippen LogP contribution in [0.5, 0.6) is 5.75 Å². The summed E-state index contributed by atoms with van der Waals surface area (Å²) in [7, 11) is 0. The summed E-state index contributed by atoms with van der Waals surface area (Å²) in [6.07, 6.45) is -5.52. The van der Waals surface area contributed by atoms with Gasteiger partial charge < -0.3 is 9.84 Å². The van der Waals surface area contributed by atoms with Crippen LogP contribution in [0.2, 0.25) is 0 Å². The molecule has 7 heteroatoms. The van der Waals surface area contributed by atoms with Crippen molar-refractivity contribution in [2.24, 2.45) is 0 Å². The number of hydrogen-bond acceptors (Lipinski definition) is 2. The van der Waals surface area contributed by atoms with Crippen LogP contribution in [0.3, 0.4) is 0 Å². The zero-order valence-corrected chi connectivity index (χ0v) is 7.71. The largest absolute Gasteiger partial charge is 0.573 e. The molecule has 1 aromatic rings. The molecule has 0 bridgehead atoms. The van der Waals surface area contributed by atoms with Gasteiger partial charge in [-0.25, -0.2) is 4.39 Å². The highest BCUT2D eigenvalue weighted by Gasteiger charge is 2.32. The predicted molar refractivity (Wildman–Crippen MR) is 44.4 cm³/mol. The van der Waals surface area contributed by atoms with E-state index < -0.39 is 30.3 Å². The number of alkyl halides is 3. The maximum atomic E-state index is 12.9. The van der Waals surface area contributed by atoms with Crippen LogP contribution >= 0.6 is 0 Å². The van der Waals surface area contributed by atoms with E-state index in [9.17, 15) is 22.4 Å². The molecule has 0 aliphatic rings. The van der Waals surface area contributed by atoms with Crippen molar-refractivity contribution in [2.45, 2.75) is 12.8 Å². The van der Waals surface area contributed by atoms with Crippen molar-refractivity contribution >= 4 is 5.97 Å². The van der Waals surface area contributed by atoms with Crippen LogP contribution in [0, 0.1) is 5.82 Å². The van der Waals surface area contributed by atoms with Crippen LogP contribution in [0.4, 0.5) is 17.6 Å². The fourth-order valence-corrected chi connectivity index (χ4v) is 1.04. The van der Waals surface area contributed by atoms with Gasteiger partial charge in [-0.2, -0.15) is 0 Å². The molecule has 0 unspecified atom stereocenters. The van der Waals surface area contributed by atoms with E-state index in [0.29, 0.717) is 6.07 Å². The van der Waals surface area contributed by atoms with E-state index in [4.69, 9.17) is 5.11 Å². The number of carboxylic acids is 1. The molecule has 88 valence electrons. The molecule has 0 radical (unpaired) electrons. The highest BCUT2D eigenvalue weighted by molar-refractivity contribution is 5.70. The van der Waals surface area contributed by atoms with Gasteiger partial charge in [0.2, 0.25) is 0 Å². The molecule has 0 spiro atoms. The number of carboxylic acid groups (broad SMARTS) is 1. The van der Waals surface area contributed by atoms with Crippen molar-refractivity contribution in [1.82, 2.24) is 0 Å². The first kappa shape index (κ1) is 12.3. The summed E-state index contributed by atoms with van der Waals surface area (Å²) < 4.78 is 51.7. The molecule has 0 aromatic heterocycles. The van der Waals surface area contributed by atoms with E-state index >= 15 is 0 Å². The average molecular weight is 238 g/mol. The van der Waals surface area contributed by atoms with Gasteiger partial charge >= 0.3 is 12.3 Å². The van der Waals surface area contributed by atoms with Crippen LogP contribution in [0.1, 0.15) is 5.56 Å². The SMILES string of the molecule is O=C(O)Cc1ccc(F)c(OC(F)(F)F)c1. The maximum Gasteiger partial charge on any atom is 0.573 e. The molecular formula is C9H6F4O3. The summed E-state index contributed by atoms with van der Waals surface area (Å²) in [6.45, 7) is 0. The van der Waals surface area contributed by atoms with Crippen molar-refractivity contribution in [3.05, 3.63) is 29.6 Å². The number of ether oxygens (including phenoxy) is 1. The summed E-state index contributed by atoms with van der Waals surface area (Å²) in [5, 5.41) is 8.40. The molecule has 0 saturated heterocycles. The summed E-state index contributed by atoms with van der Waals surface area (Å²) in [6, 6.07) is 2.50. The fourth-order valence-electron chi connectivity index (χ4n) is 1.04. The zero-order chi connectivity index (χ0) is 12.3. The standard InChI is InChI=1S/C9H6F4O3/c10-6-2-1-5(4-8(14)15)3-7(6)16-9(11,12)13/h1-3H,4H2,(H,14,15). The molecule has 1 rings (SSSR count). The van der Waals surface area contributed by atoms with E-state index in [-0.39, 0.29) is 5.56 Å². The van der Waals surface area contributed by atoms with Gasteiger partial charge in [0, 0.05) is 0 Å². The molecule has 0 amide bonds. The third kappa shape index (κ3) is 3.76. The van der Waals surface area contributed by atoms with Gasteiger partial charge in [0.05, 0.1) is 6.42 Å². The molecule has 0 aliphatic carbocycles. The predicted octanol–water partition coefficient (Wildman–Crippen LogP) is 2.35. The van der Waals surface area contributed by atoms with Gasteiger partial charge in [-0.1, -0.05) is 6.07 Å². The van der Waals surface area contributed by atoms with Gasteiger partial charge in [0.1, 0.15) is 0 Å². The summed E-state index contributed by atoms with van der Waals surface area (Å²) in [5.41, 5.74) is 0.0214. The first-order valence-electron chi connectivity index (χ1n) is 4.04. The van der Waals surface area contributed by atoms with Gasteiger partial charge in [-0.3, -0.25) is 4.79 Å². The van der Waals surface area contributed by atoms with Crippen LogP contribution in [-0.2, 0) is 11.2 Å². The number of carbonyl (C=O) groups is 1. The molecule has 0 saturated carbocycles. The first-order chi connectivity index (χ1) is 7.28. The molecule has 3 nitrogen and oxygen atoms in total. The second-order valence-electron chi connectivity index (χ2n) is 2.88. The molecule has 0 atom stereocenters. The maximum absolute atomic E-state index is 12.9. The lowest BCUT2D eigenvalue weighted by Gasteiger charge is -2.10. The summed E-state index contributed by atoms with van der Waals surface area (Å²) in [4.78, 5) is 10.3. The molecule has 0 aliphatic heterocycles. The second-order valence-corrected chi connectivity index (χ2v) is 2.88. The Labute approximate surface area is 87.3 Å². The Hall–Kier alpha value is -1.79. The molecular weight excluding hydrogens is 232 g/mol. The molecule has 1 N–H and O–H groups in total. The van der Waals surface area contributed by atoms with E-state index in [1.807, 2.05) is 0 Å². The number of rotatable bonds is 3. The smallest absolute Gasteiger partial charge is 0.481 e. The van der Waals surface area contributed by atoms with Crippen molar-refractivity contribution in [2.75, 3.05) is 0 Å². The normalized spacial score (nSPS) is 11.2. The van der Waals surface area contributed by atoms with Crippen LogP contribution in [0.15, 0.2) is 18.2 Å². The van der Waals surface area contributed by atoms with Gasteiger partial charge in [-0.15, -0.1) is 13.2 Å². The quantitative estimate of drug-likeness (QED) is 0.822. The lowest BCUT2D eigenvalue weighted by Crippen LogP contribution is -2.18. The number of aliphatic carboxylic acids is 1. The third-order valence-corrected chi connectivity index (χ3v) is 1.58. The van der Waals surface area contributed by atoms with Crippen molar-refractivity contribution in [1.29, 1.82) is 0 Å². The Kier molecular flexibility index (Phi) is 3.36. The van der Waals surface area contributed by atoms with Crippen LogP contribution in [0.25, 0.3) is 0 Å². The molecule has 0 heterocycles. The van der Waals surface area contributed by atoms with Gasteiger partial charge in [0.25, 0.3) is 0 Å². The monoisotopic (exact) mass is 238 g/mol. The minimum atomic E-state index is -5.01. The summed E-state index contributed by atoms with van der Waals surface area (Å²) in [5.74, 6) is -3.47. The molecule has 0 fully saturated rings. The Morgan fingerprint density at radius 1 is 1.38 bits per heavy atom.